The van der Waals surface area contributed by atoms with Crippen LogP contribution < -0.4 is 5.32 Å². The molecule has 0 aliphatic heterocycles. The van der Waals surface area contributed by atoms with E-state index in [1.807, 2.05) is 12.1 Å². The Hall–Kier alpha value is -2.31. The van der Waals surface area contributed by atoms with E-state index in [-0.39, 0.29) is 11.4 Å². The van der Waals surface area contributed by atoms with E-state index in [1.165, 1.54) is 11.3 Å². The van der Waals surface area contributed by atoms with Crippen LogP contribution in [-0.2, 0) is 0 Å². The number of nitrogens with zero attached hydrogens (tertiary/aromatic N) is 2. The highest BCUT2D eigenvalue weighted by Crippen LogP contribution is 2.19. The molecule has 0 radical (unpaired) electrons. The standard InChI is InChI=1S/C13H9N3OS.H2O/c17-13(16-10-3-5-14-6-4-10)9-1-2-11-12(7-9)18-8-15-11;/h1-8H,(H,14,16,17);1H2. The summed E-state index contributed by atoms with van der Waals surface area (Å²) in [5.74, 6) is -0.128. The fourth-order valence-corrected chi connectivity index (χ4v) is 2.35. The normalized spacial score (nSPS) is 9.89. The molecule has 5 nitrogen and oxygen atoms in total. The zero-order valence-electron chi connectivity index (χ0n) is 9.83. The monoisotopic (exact) mass is 273 g/mol. The SMILES string of the molecule is O.O=C(Nc1ccncc1)c1ccc2ncsc2c1. The van der Waals surface area contributed by atoms with Gasteiger partial charge in [0.15, 0.2) is 0 Å². The van der Waals surface area contributed by atoms with E-state index < -0.39 is 0 Å². The van der Waals surface area contributed by atoms with Crippen molar-refractivity contribution in [1.82, 2.24) is 9.97 Å². The maximum atomic E-state index is 12.0. The van der Waals surface area contributed by atoms with E-state index in [4.69, 9.17) is 0 Å². The van der Waals surface area contributed by atoms with Crippen LogP contribution in [0.4, 0.5) is 5.69 Å². The summed E-state index contributed by atoms with van der Waals surface area (Å²) < 4.78 is 1.01. The van der Waals surface area contributed by atoms with E-state index in [2.05, 4.69) is 15.3 Å². The molecule has 0 aliphatic rings. The largest absolute Gasteiger partial charge is 0.412 e. The topological polar surface area (TPSA) is 86.4 Å². The van der Waals surface area contributed by atoms with Crippen LogP contribution in [0.2, 0.25) is 0 Å². The van der Waals surface area contributed by atoms with E-state index >= 15 is 0 Å². The number of hydrogen-bond acceptors (Lipinski definition) is 4. The molecule has 0 bridgehead atoms. The minimum absolute atomic E-state index is 0. The first-order chi connectivity index (χ1) is 8.83. The van der Waals surface area contributed by atoms with Crippen molar-refractivity contribution >= 4 is 33.1 Å². The van der Waals surface area contributed by atoms with Gasteiger partial charge in [-0.3, -0.25) is 9.78 Å². The van der Waals surface area contributed by atoms with E-state index in [9.17, 15) is 4.79 Å². The van der Waals surface area contributed by atoms with Gasteiger partial charge in [-0.05, 0) is 30.3 Å². The van der Waals surface area contributed by atoms with Crippen LogP contribution in [0.3, 0.4) is 0 Å². The number of pyridine rings is 1. The Labute approximate surface area is 113 Å². The predicted molar refractivity (Wildman–Crippen MR) is 75.4 cm³/mol. The zero-order chi connectivity index (χ0) is 12.4. The lowest BCUT2D eigenvalue weighted by molar-refractivity contribution is 0.102. The summed E-state index contributed by atoms with van der Waals surface area (Å²) in [6.07, 6.45) is 3.28. The number of benzene rings is 1. The van der Waals surface area contributed by atoms with Crippen molar-refractivity contribution in [2.24, 2.45) is 0 Å². The van der Waals surface area contributed by atoms with Crippen LogP contribution in [0.5, 0.6) is 0 Å². The number of fused-ring (bicyclic) bond motifs is 1. The Morgan fingerprint density at radius 3 is 2.74 bits per heavy atom. The van der Waals surface area contributed by atoms with Crippen LogP contribution in [0.25, 0.3) is 10.2 Å². The van der Waals surface area contributed by atoms with Crippen molar-refractivity contribution in [3.63, 3.8) is 0 Å². The summed E-state index contributed by atoms with van der Waals surface area (Å²) in [5, 5.41) is 2.82. The fourth-order valence-electron chi connectivity index (χ4n) is 1.63. The first kappa shape index (κ1) is 13.1. The minimum Gasteiger partial charge on any atom is -0.412 e. The summed E-state index contributed by atoms with van der Waals surface area (Å²) in [7, 11) is 0. The summed E-state index contributed by atoms with van der Waals surface area (Å²) >= 11 is 1.52. The predicted octanol–water partition coefficient (Wildman–Crippen LogP) is 2.12. The highest BCUT2D eigenvalue weighted by molar-refractivity contribution is 7.16. The molecule has 0 fully saturated rings. The Balaban J connectivity index is 0.00000133. The van der Waals surface area contributed by atoms with Crippen molar-refractivity contribution in [2.75, 3.05) is 5.32 Å². The van der Waals surface area contributed by atoms with Crippen LogP contribution in [-0.4, -0.2) is 21.4 Å². The first-order valence-electron chi connectivity index (χ1n) is 5.37. The van der Waals surface area contributed by atoms with Crippen LogP contribution in [0.15, 0.2) is 48.2 Å². The molecule has 3 N–H and O–H groups in total. The Bertz CT molecular complexity index is 697. The van der Waals surface area contributed by atoms with Crippen molar-refractivity contribution in [3.05, 3.63) is 53.8 Å². The van der Waals surface area contributed by atoms with Crippen molar-refractivity contribution < 1.29 is 10.3 Å². The second-order valence-electron chi connectivity index (χ2n) is 3.72. The Morgan fingerprint density at radius 1 is 1.16 bits per heavy atom. The van der Waals surface area contributed by atoms with E-state index in [1.54, 1.807) is 36.1 Å². The van der Waals surface area contributed by atoms with Gasteiger partial charge in [0, 0.05) is 23.6 Å². The number of carbonyl (C=O) groups excluding carboxylic acids is 1. The summed E-state index contributed by atoms with van der Waals surface area (Å²) in [4.78, 5) is 20.1. The van der Waals surface area contributed by atoms with Gasteiger partial charge >= 0.3 is 0 Å². The molecule has 3 rings (SSSR count). The molecule has 0 aliphatic carbocycles. The van der Waals surface area contributed by atoms with Gasteiger partial charge in [-0.15, -0.1) is 11.3 Å². The number of hydrogen-bond donors (Lipinski definition) is 1. The number of aromatic nitrogens is 2. The van der Waals surface area contributed by atoms with Gasteiger partial charge in [-0.1, -0.05) is 0 Å². The lowest BCUT2D eigenvalue weighted by atomic mass is 10.2. The van der Waals surface area contributed by atoms with Gasteiger partial charge < -0.3 is 10.8 Å². The quantitative estimate of drug-likeness (QED) is 0.775. The molecular weight excluding hydrogens is 262 g/mol. The molecule has 6 heteroatoms. The highest BCUT2D eigenvalue weighted by atomic mass is 32.1. The molecule has 0 saturated heterocycles. The third kappa shape index (κ3) is 2.75. The third-order valence-corrected chi connectivity index (χ3v) is 3.32. The minimum atomic E-state index is -0.128. The molecule has 1 amide bonds. The van der Waals surface area contributed by atoms with Crippen molar-refractivity contribution in [3.8, 4) is 0 Å². The smallest absolute Gasteiger partial charge is 0.255 e. The van der Waals surface area contributed by atoms with E-state index in [0.29, 0.717) is 5.56 Å². The number of nitrogens with one attached hydrogen (secondary N) is 1. The molecular formula is C13H11N3O2S. The molecule has 2 heterocycles. The molecule has 0 saturated carbocycles. The molecule has 19 heavy (non-hydrogen) atoms. The second kappa shape index (κ2) is 5.55. The molecule has 1 aromatic carbocycles. The Morgan fingerprint density at radius 2 is 1.95 bits per heavy atom. The van der Waals surface area contributed by atoms with Gasteiger partial charge in [0.25, 0.3) is 5.91 Å². The lowest BCUT2D eigenvalue weighted by Crippen LogP contribution is -2.11. The van der Waals surface area contributed by atoms with Crippen LogP contribution in [0.1, 0.15) is 10.4 Å². The molecule has 0 spiro atoms. The van der Waals surface area contributed by atoms with Gasteiger partial charge in [-0.25, -0.2) is 4.98 Å². The zero-order valence-corrected chi connectivity index (χ0v) is 10.6. The molecule has 0 atom stereocenters. The van der Waals surface area contributed by atoms with Gasteiger partial charge in [0.1, 0.15) is 0 Å². The Kier molecular flexibility index (Phi) is 3.84. The number of amides is 1. The van der Waals surface area contributed by atoms with Gasteiger partial charge in [0.2, 0.25) is 0 Å². The summed E-state index contributed by atoms with van der Waals surface area (Å²) in [5.41, 5.74) is 4.05. The first-order valence-corrected chi connectivity index (χ1v) is 6.25. The van der Waals surface area contributed by atoms with E-state index in [0.717, 1.165) is 15.9 Å². The van der Waals surface area contributed by atoms with Crippen molar-refractivity contribution in [2.45, 2.75) is 0 Å². The molecule has 2 aromatic heterocycles. The number of carbonyl (C=O) groups is 1. The molecule has 3 aromatic rings. The fraction of sp³-hybridized carbons (Fsp3) is 0. The average Bonchev–Trinajstić information content (AvgIpc) is 2.87. The highest BCUT2D eigenvalue weighted by Gasteiger charge is 2.07. The molecule has 96 valence electrons. The average molecular weight is 273 g/mol. The maximum absolute atomic E-state index is 12.0. The third-order valence-electron chi connectivity index (χ3n) is 2.53. The summed E-state index contributed by atoms with van der Waals surface area (Å²) in [6.45, 7) is 0. The number of rotatable bonds is 2. The van der Waals surface area contributed by atoms with Crippen LogP contribution >= 0.6 is 11.3 Å². The lowest BCUT2D eigenvalue weighted by Gasteiger charge is -2.04. The van der Waals surface area contributed by atoms with Crippen LogP contribution in [0, 0.1) is 0 Å². The second-order valence-corrected chi connectivity index (χ2v) is 4.61. The number of anilines is 1. The van der Waals surface area contributed by atoms with Crippen molar-refractivity contribution in [1.29, 1.82) is 0 Å². The molecule has 0 unspecified atom stereocenters. The maximum Gasteiger partial charge on any atom is 0.255 e. The van der Waals surface area contributed by atoms with Gasteiger partial charge in [0.05, 0.1) is 15.7 Å². The number of thiazole rings is 1. The summed E-state index contributed by atoms with van der Waals surface area (Å²) in [6, 6.07) is 8.99. The van der Waals surface area contributed by atoms with Gasteiger partial charge in [-0.2, -0.15) is 0 Å².